The molecule has 0 radical (unpaired) electrons. The molecule has 0 unspecified atom stereocenters. The zero-order valence-electron chi connectivity index (χ0n) is 6.03. The fraction of sp³-hybridized carbons (Fsp3) is 0.143. The lowest BCUT2D eigenvalue weighted by molar-refractivity contribution is -0.274. The van der Waals surface area contributed by atoms with E-state index in [-0.39, 0.29) is 0 Å². The van der Waals surface area contributed by atoms with Gasteiger partial charge in [-0.2, -0.15) is 0 Å². The van der Waals surface area contributed by atoms with Crippen molar-refractivity contribution in [2.75, 3.05) is 0 Å². The molecule has 0 fully saturated rings. The highest BCUT2D eigenvalue weighted by Gasteiger charge is 2.31. The fourth-order valence-corrected chi connectivity index (χ4v) is 1.33. The SMILES string of the molecule is Fc1cc(I)cc(OC(F)(F)F)c1. The van der Waals surface area contributed by atoms with Gasteiger partial charge < -0.3 is 4.74 Å². The van der Waals surface area contributed by atoms with Crippen molar-refractivity contribution in [3.05, 3.63) is 27.6 Å². The van der Waals surface area contributed by atoms with Crippen molar-refractivity contribution in [2.45, 2.75) is 6.36 Å². The molecule has 0 amide bonds. The lowest BCUT2D eigenvalue weighted by Gasteiger charge is -2.08. The van der Waals surface area contributed by atoms with Crippen LogP contribution in [0.4, 0.5) is 17.6 Å². The van der Waals surface area contributed by atoms with Crippen LogP contribution in [-0.2, 0) is 0 Å². The molecule has 6 heteroatoms. The van der Waals surface area contributed by atoms with Crippen molar-refractivity contribution in [2.24, 2.45) is 0 Å². The predicted molar refractivity (Wildman–Crippen MR) is 45.8 cm³/mol. The molecule has 0 bridgehead atoms. The van der Waals surface area contributed by atoms with Crippen molar-refractivity contribution < 1.29 is 22.3 Å². The summed E-state index contributed by atoms with van der Waals surface area (Å²) in [7, 11) is 0. The molecule has 0 N–H and O–H groups in total. The first kappa shape index (κ1) is 10.6. The quantitative estimate of drug-likeness (QED) is 0.571. The predicted octanol–water partition coefficient (Wildman–Crippen LogP) is 3.33. The van der Waals surface area contributed by atoms with Crippen LogP contribution in [-0.4, -0.2) is 6.36 Å². The van der Waals surface area contributed by atoms with Crippen molar-refractivity contribution >= 4 is 22.6 Å². The summed E-state index contributed by atoms with van der Waals surface area (Å²) < 4.78 is 51.4. The van der Waals surface area contributed by atoms with Crippen LogP contribution in [0.25, 0.3) is 0 Å². The lowest BCUT2D eigenvalue weighted by atomic mass is 10.3. The molecule has 1 aromatic carbocycles. The molecule has 0 saturated heterocycles. The largest absolute Gasteiger partial charge is 0.573 e. The van der Waals surface area contributed by atoms with Gasteiger partial charge in [-0.15, -0.1) is 13.2 Å². The second-order valence-electron chi connectivity index (χ2n) is 2.15. The number of ether oxygens (including phenoxy) is 1. The molecule has 0 atom stereocenters. The number of benzene rings is 1. The van der Waals surface area contributed by atoms with Gasteiger partial charge in [-0.1, -0.05) is 0 Å². The highest BCUT2D eigenvalue weighted by atomic mass is 127. The maximum absolute atomic E-state index is 12.6. The van der Waals surface area contributed by atoms with Crippen LogP contribution in [0, 0.1) is 9.39 Å². The standard InChI is InChI=1S/C7H3F4IO/c8-4-1-5(12)3-6(2-4)13-7(9,10)11/h1-3H. The van der Waals surface area contributed by atoms with Crippen LogP contribution < -0.4 is 4.74 Å². The Labute approximate surface area is 84.8 Å². The van der Waals surface area contributed by atoms with E-state index in [2.05, 4.69) is 4.74 Å². The first-order valence-electron chi connectivity index (χ1n) is 3.09. The summed E-state index contributed by atoms with van der Waals surface area (Å²) in [5, 5.41) is 0. The Hall–Kier alpha value is -0.530. The first-order chi connectivity index (χ1) is 5.87. The molecule has 0 saturated carbocycles. The molecule has 0 aliphatic carbocycles. The number of alkyl halides is 3. The highest BCUT2D eigenvalue weighted by Crippen LogP contribution is 2.24. The molecule has 1 rings (SSSR count). The third kappa shape index (κ3) is 3.79. The average Bonchev–Trinajstić information content (AvgIpc) is 1.78. The van der Waals surface area contributed by atoms with Gasteiger partial charge in [-0.3, -0.25) is 0 Å². The van der Waals surface area contributed by atoms with Gasteiger partial charge in [0.1, 0.15) is 11.6 Å². The Bertz CT molecular complexity index is 290. The minimum atomic E-state index is -4.78. The smallest absolute Gasteiger partial charge is 0.406 e. The molecule has 0 spiro atoms. The van der Waals surface area contributed by atoms with Gasteiger partial charge >= 0.3 is 6.36 Å². The number of hydrogen-bond acceptors (Lipinski definition) is 1. The fourth-order valence-electron chi connectivity index (χ4n) is 0.721. The average molecular weight is 306 g/mol. The molecule has 0 heterocycles. The second-order valence-corrected chi connectivity index (χ2v) is 3.40. The van der Waals surface area contributed by atoms with Gasteiger partial charge in [0.25, 0.3) is 0 Å². The lowest BCUT2D eigenvalue weighted by Crippen LogP contribution is -2.17. The second kappa shape index (κ2) is 3.69. The minimum absolute atomic E-state index is 0.344. The summed E-state index contributed by atoms with van der Waals surface area (Å²) in [4.78, 5) is 0. The number of rotatable bonds is 1. The van der Waals surface area contributed by atoms with Gasteiger partial charge in [0.2, 0.25) is 0 Å². The summed E-state index contributed by atoms with van der Waals surface area (Å²) in [6.45, 7) is 0. The topological polar surface area (TPSA) is 9.23 Å². The Morgan fingerprint density at radius 3 is 2.23 bits per heavy atom. The third-order valence-corrected chi connectivity index (χ3v) is 1.69. The zero-order chi connectivity index (χ0) is 10.1. The van der Waals surface area contributed by atoms with Crippen LogP contribution in [0.1, 0.15) is 0 Å². The molecular weight excluding hydrogens is 303 g/mol. The van der Waals surface area contributed by atoms with E-state index in [1.54, 1.807) is 22.6 Å². The molecule has 1 nitrogen and oxygen atoms in total. The van der Waals surface area contributed by atoms with Gasteiger partial charge in [-0.05, 0) is 34.7 Å². The van der Waals surface area contributed by atoms with Crippen LogP contribution in [0.15, 0.2) is 18.2 Å². The number of hydrogen-bond donors (Lipinski definition) is 0. The summed E-state index contributed by atoms with van der Waals surface area (Å²) >= 11 is 1.70. The highest BCUT2D eigenvalue weighted by molar-refractivity contribution is 14.1. The van der Waals surface area contributed by atoms with Crippen molar-refractivity contribution in [3.8, 4) is 5.75 Å². The maximum Gasteiger partial charge on any atom is 0.573 e. The first-order valence-corrected chi connectivity index (χ1v) is 4.16. The van der Waals surface area contributed by atoms with E-state index in [1.807, 2.05) is 0 Å². The molecule has 1 aromatic rings. The van der Waals surface area contributed by atoms with Crippen molar-refractivity contribution in [1.82, 2.24) is 0 Å². The van der Waals surface area contributed by atoms with Crippen LogP contribution in [0.5, 0.6) is 5.75 Å². The summed E-state index contributed by atoms with van der Waals surface area (Å²) in [6, 6.07) is 2.87. The molecular formula is C7H3F4IO. The Morgan fingerprint density at radius 1 is 1.15 bits per heavy atom. The van der Waals surface area contributed by atoms with Crippen LogP contribution in [0.3, 0.4) is 0 Å². The summed E-state index contributed by atoms with van der Waals surface area (Å²) in [5.41, 5.74) is 0. The minimum Gasteiger partial charge on any atom is -0.406 e. The van der Waals surface area contributed by atoms with E-state index in [0.717, 1.165) is 12.1 Å². The Morgan fingerprint density at radius 2 is 1.77 bits per heavy atom. The van der Waals surface area contributed by atoms with E-state index in [4.69, 9.17) is 0 Å². The van der Waals surface area contributed by atoms with Crippen molar-refractivity contribution in [1.29, 1.82) is 0 Å². The molecule has 0 aliphatic rings. The molecule has 72 valence electrons. The van der Waals surface area contributed by atoms with Crippen LogP contribution in [0.2, 0.25) is 0 Å². The van der Waals surface area contributed by atoms with Crippen molar-refractivity contribution in [3.63, 3.8) is 0 Å². The van der Waals surface area contributed by atoms with Gasteiger partial charge in [0.15, 0.2) is 0 Å². The normalized spacial score (nSPS) is 11.5. The van der Waals surface area contributed by atoms with E-state index in [1.165, 1.54) is 0 Å². The number of halogens is 5. The van der Waals surface area contributed by atoms with Crippen LogP contribution >= 0.6 is 22.6 Å². The van der Waals surface area contributed by atoms with Gasteiger partial charge in [0.05, 0.1) is 0 Å². The Kier molecular flexibility index (Phi) is 2.99. The molecule has 0 aliphatic heterocycles. The van der Waals surface area contributed by atoms with Gasteiger partial charge in [-0.25, -0.2) is 4.39 Å². The summed E-state index contributed by atoms with van der Waals surface area (Å²) in [6.07, 6.45) is -4.78. The van der Waals surface area contributed by atoms with E-state index in [0.29, 0.717) is 9.64 Å². The van der Waals surface area contributed by atoms with E-state index in [9.17, 15) is 17.6 Å². The Balaban J connectivity index is 2.90. The maximum atomic E-state index is 12.6. The van der Waals surface area contributed by atoms with E-state index < -0.39 is 17.9 Å². The monoisotopic (exact) mass is 306 g/mol. The molecule has 0 aromatic heterocycles. The summed E-state index contributed by atoms with van der Waals surface area (Å²) in [5.74, 6) is -1.30. The molecule has 13 heavy (non-hydrogen) atoms. The third-order valence-electron chi connectivity index (χ3n) is 1.07. The van der Waals surface area contributed by atoms with Gasteiger partial charge in [0, 0.05) is 9.64 Å². The zero-order valence-corrected chi connectivity index (χ0v) is 8.19. The van der Waals surface area contributed by atoms with E-state index >= 15 is 0 Å².